The first-order valence-corrected chi connectivity index (χ1v) is 6.27. The Morgan fingerprint density at radius 1 is 1.56 bits per heavy atom. The van der Waals surface area contributed by atoms with Gasteiger partial charge >= 0.3 is 5.97 Å². The third kappa shape index (κ3) is 4.29. The van der Waals surface area contributed by atoms with Crippen molar-refractivity contribution in [2.24, 2.45) is 0 Å². The molecular formula is C12H16BrNO4. The fourth-order valence-electron chi connectivity index (χ4n) is 1.54. The summed E-state index contributed by atoms with van der Waals surface area (Å²) in [6.45, 7) is 0.527. The summed E-state index contributed by atoms with van der Waals surface area (Å²) in [4.78, 5) is 10.8. The van der Waals surface area contributed by atoms with Crippen molar-refractivity contribution in [3.63, 3.8) is 0 Å². The number of nitrogens with one attached hydrogen (secondary N) is 1. The molecule has 0 saturated heterocycles. The highest BCUT2D eigenvalue weighted by Gasteiger charge is 2.11. The first-order chi connectivity index (χ1) is 8.58. The normalized spacial score (nSPS) is 12.2. The number of hydrogen-bond donors (Lipinski definition) is 3. The van der Waals surface area contributed by atoms with Crippen molar-refractivity contribution in [3.05, 3.63) is 28.2 Å². The van der Waals surface area contributed by atoms with Crippen molar-refractivity contribution in [1.82, 2.24) is 0 Å². The number of aliphatic hydroxyl groups excluding tert-OH is 1. The third-order valence-corrected chi connectivity index (χ3v) is 3.08. The van der Waals surface area contributed by atoms with E-state index in [4.69, 9.17) is 14.9 Å². The van der Waals surface area contributed by atoms with Crippen LogP contribution in [0.25, 0.3) is 0 Å². The Morgan fingerprint density at radius 2 is 2.28 bits per heavy atom. The summed E-state index contributed by atoms with van der Waals surface area (Å²) in [5, 5.41) is 21.0. The summed E-state index contributed by atoms with van der Waals surface area (Å²) >= 11 is 3.32. The Bertz CT molecular complexity index is 405. The van der Waals surface area contributed by atoms with Crippen LogP contribution in [0.2, 0.25) is 0 Å². The molecule has 0 aliphatic rings. The number of methoxy groups -OCH3 is 1. The highest BCUT2D eigenvalue weighted by atomic mass is 79.9. The van der Waals surface area contributed by atoms with Crippen LogP contribution in [0.4, 0.5) is 5.69 Å². The van der Waals surface area contributed by atoms with E-state index in [0.717, 1.165) is 5.69 Å². The summed E-state index contributed by atoms with van der Waals surface area (Å²) in [7, 11) is 1.59. The van der Waals surface area contributed by atoms with Crippen LogP contribution in [-0.2, 0) is 4.74 Å². The molecule has 0 saturated carbocycles. The molecule has 5 nitrogen and oxygen atoms in total. The molecule has 18 heavy (non-hydrogen) atoms. The maximum Gasteiger partial charge on any atom is 0.335 e. The summed E-state index contributed by atoms with van der Waals surface area (Å²) in [6, 6.07) is 4.73. The van der Waals surface area contributed by atoms with E-state index in [-0.39, 0.29) is 18.2 Å². The fraction of sp³-hybridized carbons (Fsp3) is 0.417. The van der Waals surface area contributed by atoms with E-state index < -0.39 is 5.97 Å². The predicted octanol–water partition coefficient (Wildman–Crippen LogP) is 1.96. The van der Waals surface area contributed by atoms with Crippen LogP contribution in [-0.4, -0.2) is 42.5 Å². The molecule has 0 fully saturated rings. The molecular weight excluding hydrogens is 302 g/mol. The summed E-state index contributed by atoms with van der Waals surface area (Å²) in [5.74, 6) is -0.967. The van der Waals surface area contributed by atoms with E-state index in [1.807, 2.05) is 0 Å². The highest BCUT2D eigenvalue weighted by molar-refractivity contribution is 9.10. The molecule has 0 radical (unpaired) electrons. The van der Waals surface area contributed by atoms with Crippen LogP contribution in [0.15, 0.2) is 22.7 Å². The zero-order valence-electron chi connectivity index (χ0n) is 10.0. The summed E-state index contributed by atoms with van der Waals surface area (Å²) in [5.41, 5.74) is 0.994. The fourth-order valence-corrected chi connectivity index (χ4v) is 2.03. The molecule has 0 aliphatic carbocycles. The zero-order chi connectivity index (χ0) is 13.5. The van der Waals surface area contributed by atoms with Crippen molar-refractivity contribution in [2.45, 2.75) is 12.5 Å². The van der Waals surface area contributed by atoms with E-state index in [1.165, 1.54) is 12.1 Å². The van der Waals surface area contributed by atoms with Gasteiger partial charge in [0.2, 0.25) is 0 Å². The van der Waals surface area contributed by atoms with Gasteiger partial charge in [-0.2, -0.15) is 0 Å². The van der Waals surface area contributed by atoms with Crippen molar-refractivity contribution in [1.29, 1.82) is 0 Å². The predicted molar refractivity (Wildman–Crippen MR) is 72.1 cm³/mol. The number of carboxylic acid groups (broad SMARTS) is 1. The lowest BCUT2D eigenvalue weighted by molar-refractivity contribution is 0.0697. The van der Waals surface area contributed by atoms with E-state index >= 15 is 0 Å². The van der Waals surface area contributed by atoms with E-state index in [2.05, 4.69) is 21.2 Å². The number of benzene rings is 1. The molecule has 6 heteroatoms. The quantitative estimate of drug-likeness (QED) is 0.716. The van der Waals surface area contributed by atoms with Crippen LogP contribution in [0, 0.1) is 0 Å². The monoisotopic (exact) mass is 317 g/mol. The van der Waals surface area contributed by atoms with Gasteiger partial charge in [-0.1, -0.05) is 0 Å². The van der Waals surface area contributed by atoms with Crippen molar-refractivity contribution in [2.75, 3.05) is 25.6 Å². The molecule has 1 atom stereocenters. The number of carboxylic acids is 1. The van der Waals surface area contributed by atoms with Gasteiger partial charge in [0.05, 0.1) is 18.2 Å². The van der Waals surface area contributed by atoms with Gasteiger partial charge in [-0.3, -0.25) is 0 Å². The number of halogens is 1. The Morgan fingerprint density at radius 3 is 2.78 bits per heavy atom. The molecule has 1 aromatic carbocycles. The Hall–Kier alpha value is -1.11. The van der Waals surface area contributed by atoms with Gasteiger partial charge in [-0.25, -0.2) is 4.79 Å². The lowest BCUT2D eigenvalue weighted by atomic mass is 10.1. The second kappa shape index (κ2) is 7.35. The van der Waals surface area contributed by atoms with Crippen LogP contribution in [0.3, 0.4) is 0 Å². The average Bonchev–Trinajstić information content (AvgIpc) is 2.32. The van der Waals surface area contributed by atoms with Crippen molar-refractivity contribution in [3.8, 4) is 0 Å². The molecule has 0 aliphatic heterocycles. The SMILES string of the molecule is COCC(CCO)Nc1ccc(C(=O)O)cc1Br. The molecule has 0 amide bonds. The van der Waals surface area contributed by atoms with Gasteiger partial charge in [0, 0.05) is 23.9 Å². The van der Waals surface area contributed by atoms with Gasteiger partial charge < -0.3 is 20.3 Å². The minimum atomic E-state index is -0.967. The van der Waals surface area contributed by atoms with Crippen LogP contribution < -0.4 is 5.32 Å². The lowest BCUT2D eigenvalue weighted by Crippen LogP contribution is -2.26. The smallest absolute Gasteiger partial charge is 0.335 e. The zero-order valence-corrected chi connectivity index (χ0v) is 11.6. The number of rotatable bonds is 7. The molecule has 0 spiro atoms. The first kappa shape index (κ1) is 14.9. The van der Waals surface area contributed by atoms with Gasteiger partial charge in [0.25, 0.3) is 0 Å². The van der Waals surface area contributed by atoms with Crippen LogP contribution in [0.1, 0.15) is 16.8 Å². The third-order valence-electron chi connectivity index (χ3n) is 2.42. The van der Waals surface area contributed by atoms with Crippen molar-refractivity contribution < 1.29 is 19.7 Å². The van der Waals surface area contributed by atoms with Crippen LogP contribution in [0.5, 0.6) is 0 Å². The molecule has 100 valence electrons. The number of ether oxygens (including phenoxy) is 1. The number of anilines is 1. The van der Waals surface area contributed by atoms with Gasteiger partial charge in [-0.05, 0) is 40.5 Å². The average molecular weight is 318 g/mol. The Labute approximate surface area is 114 Å². The topological polar surface area (TPSA) is 78.8 Å². The second-order valence-electron chi connectivity index (χ2n) is 3.81. The van der Waals surface area contributed by atoms with Crippen molar-refractivity contribution >= 4 is 27.6 Å². The van der Waals surface area contributed by atoms with E-state index in [9.17, 15) is 4.79 Å². The largest absolute Gasteiger partial charge is 0.478 e. The molecule has 0 heterocycles. The Kier molecular flexibility index (Phi) is 6.11. The molecule has 3 N–H and O–H groups in total. The maximum absolute atomic E-state index is 10.8. The minimum absolute atomic E-state index is 0.0213. The number of hydrogen-bond acceptors (Lipinski definition) is 4. The number of aromatic carboxylic acids is 1. The highest BCUT2D eigenvalue weighted by Crippen LogP contribution is 2.24. The summed E-state index contributed by atoms with van der Waals surface area (Å²) < 4.78 is 5.72. The molecule has 0 bridgehead atoms. The molecule has 1 rings (SSSR count). The summed E-state index contributed by atoms with van der Waals surface area (Å²) in [6.07, 6.45) is 0.557. The Balaban J connectivity index is 2.79. The number of carbonyl (C=O) groups is 1. The van der Waals surface area contributed by atoms with Gasteiger partial charge in [-0.15, -0.1) is 0 Å². The molecule has 1 aromatic rings. The van der Waals surface area contributed by atoms with Crippen LogP contribution >= 0.6 is 15.9 Å². The van der Waals surface area contributed by atoms with E-state index in [0.29, 0.717) is 17.5 Å². The lowest BCUT2D eigenvalue weighted by Gasteiger charge is -2.19. The second-order valence-corrected chi connectivity index (χ2v) is 4.66. The number of aliphatic hydroxyl groups is 1. The first-order valence-electron chi connectivity index (χ1n) is 5.47. The minimum Gasteiger partial charge on any atom is -0.478 e. The maximum atomic E-state index is 10.8. The molecule has 1 unspecified atom stereocenters. The van der Waals surface area contributed by atoms with Gasteiger partial charge in [0.1, 0.15) is 0 Å². The molecule has 0 aromatic heterocycles. The van der Waals surface area contributed by atoms with Gasteiger partial charge in [0.15, 0.2) is 0 Å². The van der Waals surface area contributed by atoms with E-state index in [1.54, 1.807) is 13.2 Å². The standard InChI is InChI=1S/C12H16BrNO4/c1-18-7-9(4-5-15)14-11-3-2-8(12(16)17)6-10(11)13/h2-3,6,9,14-15H,4-5,7H2,1H3,(H,16,17).